The summed E-state index contributed by atoms with van der Waals surface area (Å²) < 4.78 is 6.61. The van der Waals surface area contributed by atoms with Crippen molar-refractivity contribution in [2.75, 3.05) is 31.6 Å². The van der Waals surface area contributed by atoms with Gasteiger partial charge in [-0.15, -0.1) is 4.90 Å². The number of piperidine rings is 1. The largest absolute Gasteiger partial charge is 0.506 e. The number of amides is 4. The van der Waals surface area contributed by atoms with Crippen LogP contribution >= 0.6 is 0 Å². The summed E-state index contributed by atoms with van der Waals surface area (Å²) in [5, 5.41) is 0. The first kappa shape index (κ1) is 20.1. The Morgan fingerprint density at radius 2 is 1.83 bits per heavy atom. The molecule has 30 heavy (non-hydrogen) atoms. The van der Waals surface area contributed by atoms with Crippen LogP contribution in [0.25, 0.3) is 0 Å². The summed E-state index contributed by atoms with van der Waals surface area (Å²) in [6.45, 7) is 3.53. The zero-order chi connectivity index (χ0) is 21.3. The molecule has 4 rings (SSSR count). The Kier molecular flexibility index (Phi) is 5.53. The third-order valence-electron chi connectivity index (χ3n) is 5.98. The lowest BCUT2D eigenvalue weighted by molar-refractivity contribution is -0.418. The second kappa shape index (κ2) is 8.26. The number of nitrogens with zero attached hydrogens (tertiary/aromatic N) is 3. The van der Waals surface area contributed by atoms with Crippen molar-refractivity contribution < 1.29 is 23.7 Å². The lowest BCUT2D eigenvalue weighted by Crippen LogP contribution is -2.56. The highest BCUT2D eigenvalue weighted by Gasteiger charge is 2.48. The summed E-state index contributed by atoms with van der Waals surface area (Å²) in [6, 6.07) is 6.25. The molecular weight excluding hydrogens is 382 g/mol. The average Bonchev–Trinajstić information content (AvgIpc) is 2.77. The van der Waals surface area contributed by atoms with Crippen molar-refractivity contribution in [2.24, 2.45) is 11.8 Å². The van der Waals surface area contributed by atoms with Crippen LogP contribution in [-0.2, 0) is 9.59 Å². The SMILES string of the molecule is COc1ccc(N2C(=O)C3C=CC=CC3=[N+](CC(=O)N3CCC(C)CC3)C2=O)cc1. The van der Waals surface area contributed by atoms with E-state index in [0.29, 0.717) is 36.2 Å². The van der Waals surface area contributed by atoms with Crippen LogP contribution in [0, 0.1) is 11.8 Å². The molecule has 0 aromatic heterocycles. The van der Waals surface area contributed by atoms with E-state index in [1.54, 1.807) is 55.7 Å². The zero-order valence-corrected chi connectivity index (χ0v) is 17.3. The molecule has 1 fully saturated rings. The number of hydrogen-bond acceptors (Lipinski definition) is 4. The van der Waals surface area contributed by atoms with E-state index in [9.17, 15) is 14.4 Å². The molecule has 156 valence electrons. The van der Waals surface area contributed by atoms with E-state index in [1.165, 1.54) is 4.58 Å². The van der Waals surface area contributed by atoms with Gasteiger partial charge in [-0.25, -0.2) is 4.79 Å². The Balaban J connectivity index is 1.65. The number of allylic oxidation sites excluding steroid dienone is 3. The Morgan fingerprint density at radius 3 is 2.50 bits per heavy atom. The Bertz CT molecular complexity index is 953. The number of benzene rings is 1. The molecule has 1 aromatic rings. The fourth-order valence-corrected chi connectivity index (χ4v) is 4.08. The number of anilines is 1. The summed E-state index contributed by atoms with van der Waals surface area (Å²) in [7, 11) is 1.56. The van der Waals surface area contributed by atoms with Crippen LogP contribution in [0.3, 0.4) is 0 Å². The van der Waals surface area contributed by atoms with Crippen molar-refractivity contribution in [3.8, 4) is 5.75 Å². The van der Waals surface area contributed by atoms with Gasteiger partial charge in [-0.2, -0.15) is 9.37 Å². The normalized spacial score (nSPS) is 21.9. The number of ether oxygens (including phenoxy) is 1. The van der Waals surface area contributed by atoms with Crippen molar-refractivity contribution in [3.05, 3.63) is 48.6 Å². The number of fused-ring (bicyclic) bond motifs is 1. The summed E-state index contributed by atoms with van der Waals surface area (Å²) in [5.74, 6) is 0.238. The number of hydrogen-bond donors (Lipinski definition) is 0. The van der Waals surface area contributed by atoms with Crippen LogP contribution in [0.4, 0.5) is 10.5 Å². The third-order valence-corrected chi connectivity index (χ3v) is 5.98. The van der Waals surface area contributed by atoms with Gasteiger partial charge in [0.25, 0.3) is 5.91 Å². The first-order valence-corrected chi connectivity index (χ1v) is 10.3. The minimum Gasteiger partial charge on any atom is -0.497 e. The number of carbonyl (C=O) groups is 3. The number of urea groups is 1. The van der Waals surface area contributed by atoms with Gasteiger partial charge in [-0.1, -0.05) is 25.2 Å². The maximum atomic E-state index is 13.4. The minimum atomic E-state index is -0.594. The van der Waals surface area contributed by atoms with E-state index in [4.69, 9.17) is 4.74 Å². The molecule has 2 heterocycles. The molecule has 2 aliphatic heterocycles. The molecule has 0 radical (unpaired) electrons. The molecule has 1 aromatic carbocycles. The highest BCUT2D eigenvalue weighted by atomic mass is 16.5. The van der Waals surface area contributed by atoms with Crippen molar-refractivity contribution in [1.29, 1.82) is 0 Å². The number of likely N-dealkylation sites (tertiary alicyclic amines) is 1. The predicted molar refractivity (Wildman–Crippen MR) is 113 cm³/mol. The molecular formula is C23H26N3O4+. The molecule has 0 N–H and O–H groups in total. The lowest BCUT2D eigenvalue weighted by atomic mass is 9.94. The second-order valence-corrected chi connectivity index (χ2v) is 7.95. The van der Waals surface area contributed by atoms with Gasteiger partial charge in [0.2, 0.25) is 0 Å². The van der Waals surface area contributed by atoms with Gasteiger partial charge < -0.3 is 9.64 Å². The van der Waals surface area contributed by atoms with Crippen LogP contribution in [0.5, 0.6) is 5.75 Å². The summed E-state index contributed by atoms with van der Waals surface area (Å²) in [6.07, 6.45) is 9.03. The van der Waals surface area contributed by atoms with Gasteiger partial charge in [0.15, 0.2) is 6.54 Å². The van der Waals surface area contributed by atoms with Crippen LogP contribution < -0.4 is 9.64 Å². The Hall–Kier alpha value is -3.22. The maximum absolute atomic E-state index is 13.4. The highest BCUT2D eigenvalue weighted by Crippen LogP contribution is 2.27. The summed E-state index contributed by atoms with van der Waals surface area (Å²) in [4.78, 5) is 42.4. The predicted octanol–water partition coefficient (Wildman–Crippen LogP) is 2.62. The van der Waals surface area contributed by atoms with Crippen molar-refractivity contribution in [1.82, 2.24) is 4.90 Å². The zero-order valence-electron chi connectivity index (χ0n) is 17.3. The summed E-state index contributed by atoms with van der Waals surface area (Å²) in [5.41, 5.74) is 1.01. The summed E-state index contributed by atoms with van der Waals surface area (Å²) >= 11 is 0. The fourth-order valence-electron chi connectivity index (χ4n) is 4.08. The molecule has 4 amide bonds. The van der Waals surface area contributed by atoms with Crippen molar-refractivity contribution in [2.45, 2.75) is 19.8 Å². The highest BCUT2D eigenvalue weighted by molar-refractivity contribution is 6.26. The van der Waals surface area contributed by atoms with Gasteiger partial charge in [0, 0.05) is 13.1 Å². The first-order valence-electron chi connectivity index (χ1n) is 10.3. The van der Waals surface area contributed by atoms with Gasteiger partial charge in [-0.3, -0.25) is 4.79 Å². The second-order valence-electron chi connectivity index (χ2n) is 7.95. The van der Waals surface area contributed by atoms with Crippen LogP contribution in [0.15, 0.2) is 48.6 Å². The van der Waals surface area contributed by atoms with Crippen LogP contribution in [0.2, 0.25) is 0 Å². The minimum absolute atomic E-state index is 0.0723. The van der Waals surface area contributed by atoms with Gasteiger partial charge in [0.05, 0.1) is 7.11 Å². The van der Waals surface area contributed by atoms with Crippen molar-refractivity contribution in [3.63, 3.8) is 0 Å². The molecule has 0 saturated carbocycles. The maximum Gasteiger partial charge on any atom is 0.506 e. The standard InChI is InChI=1S/C23H26N3O4/c1-16-11-13-24(14-12-16)21(27)15-25-20-6-4-3-5-19(20)22(28)26(23(25)29)17-7-9-18(30-2)10-8-17/h3-10,16,19H,11-15H2,1-2H3/q+1. The molecule has 1 atom stereocenters. The third kappa shape index (κ3) is 3.67. The monoisotopic (exact) mass is 408 g/mol. The molecule has 1 aliphatic carbocycles. The molecule has 0 bridgehead atoms. The number of carbonyl (C=O) groups excluding carboxylic acids is 3. The average molecular weight is 408 g/mol. The van der Waals surface area contributed by atoms with E-state index in [0.717, 1.165) is 17.7 Å². The molecule has 1 unspecified atom stereocenters. The molecule has 3 aliphatic rings. The topological polar surface area (TPSA) is 69.9 Å². The lowest BCUT2D eigenvalue weighted by Gasteiger charge is -2.31. The van der Waals surface area contributed by atoms with E-state index < -0.39 is 11.9 Å². The van der Waals surface area contributed by atoms with Gasteiger partial charge in [0.1, 0.15) is 23.1 Å². The van der Waals surface area contributed by atoms with Crippen molar-refractivity contribution >= 4 is 29.2 Å². The van der Waals surface area contributed by atoms with E-state index in [1.807, 2.05) is 4.90 Å². The molecule has 0 spiro atoms. The van der Waals surface area contributed by atoms with E-state index in [2.05, 4.69) is 6.92 Å². The molecule has 1 saturated heterocycles. The van der Waals surface area contributed by atoms with Crippen LogP contribution in [-0.4, -0.2) is 59.8 Å². The smallest absolute Gasteiger partial charge is 0.497 e. The quantitative estimate of drug-likeness (QED) is 0.718. The van der Waals surface area contributed by atoms with Gasteiger partial charge >= 0.3 is 11.9 Å². The number of imide groups is 1. The Labute approximate surface area is 175 Å². The first-order chi connectivity index (χ1) is 14.5. The fraction of sp³-hybridized carbons (Fsp3) is 0.391. The van der Waals surface area contributed by atoms with Gasteiger partial charge in [-0.05, 0) is 49.1 Å². The van der Waals surface area contributed by atoms with E-state index in [-0.39, 0.29) is 18.4 Å². The molecule has 7 heteroatoms. The number of rotatable bonds is 4. The Morgan fingerprint density at radius 1 is 1.13 bits per heavy atom. The number of methoxy groups -OCH3 is 1. The molecule has 7 nitrogen and oxygen atoms in total. The van der Waals surface area contributed by atoms with E-state index >= 15 is 0 Å². The van der Waals surface area contributed by atoms with Crippen LogP contribution in [0.1, 0.15) is 19.8 Å².